The molecule has 25 heavy (non-hydrogen) atoms. The van der Waals surface area contributed by atoms with Gasteiger partial charge in [-0.1, -0.05) is 25.4 Å². The van der Waals surface area contributed by atoms with Gasteiger partial charge in [-0.05, 0) is 56.0 Å². The van der Waals surface area contributed by atoms with Crippen molar-refractivity contribution in [3.63, 3.8) is 0 Å². The molecular weight excluding hydrogens is 361 g/mol. The largest absolute Gasteiger partial charge is 0.352 e. The van der Waals surface area contributed by atoms with Gasteiger partial charge in [0.25, 0.3) is 5.91 Å². The summed E-state index contributed by atoms with van der Waals surface area (Å²) < 4.78 is 0. The molecular formula is C18H27Cl2N3O2. The quantitative estimate of drug-likeness (QED) is 0.699. The summed E-state index contributed by atoms with van der Waals surface area (Å²) in [5, 5.41) is 9.48. The summed E-state index contributed by atoms with van der Waals surface area (Å²) >= 11 is 6.15. The highest BCUT2D eigenvalue weighted by molar-refractivity contribution is 6.34. The van der Waals surface area contributed by atoms with Crippen LogP contribution < -0.4 is 16.0 Å². The Labute approximate surface area is 160 Å². The molecule has 3 N–H and O–H groups in total. The fraction of sp³-hybridized carbons (Fsp3) is 0.556. The van der Waals surface area contributed by atoms with E-state index in [4.69, 9.17) is 11.6 Å². The lowest BCUT2D eigenvalue weighted by molar-refractivity contribution is -0.116. The average molecular weight is 388 g/mol. The van der Waals surface area contributed by atoms with Crippen molar-refractivity contribution >= 4 is 41.5 Å². The number of hydrogen-bond donors (Lipinski definition) is 3. The highest BCUT2D eigenvalue weighted by Crippen LogP contribution is 2.21. The molecule has 0 aromatic heterocycles. The lowest BCUT2D eigenvalue weighted by atomic mass is 9.99. The molecule has 1 saturated heterocycles. The number of nitrogens with one attached hydrogen (secondary N) is 3. The first-order valence-electron chi connectivity index (χ1n) is 8.54. The number of carbonyl (C=O) groups is 2. The number of amides is 2. The maximum Gasteiger partial charge on any atom is 0.252 e. The standard InChI is InChI=1S/C18H26ClN3O2.ClH/c1-12(2)8-17(23)22-14-5-6-16(19)15(9-14)18(24)21-11-13-4-3-7-20-10-13;/h5-6,9,12-13,20H,3-4,7-8,10-11H2,1-2H3,(H,21,24)(H,22,23);1H. The Morgan fingerprint density at radius 1 is 1.36 bits per heavy atom. The maximum absolute atomic E-state index is 12.4. The van der Waals surface area contributed by atoms with Gasteiger partial charge in [-0.2, -0.15) is 0 Å². The predicted octanol–water partition coefficient (Wildman–Crippen LogP) is 3.48. The Morgan fingerprint density at radius 3 is 2.76 bits per heavy atom. The minimum Gasteiger partial charge on any atom is -0.352 e. The van der Waals surface area contributed by atoms with Crippen LogP contribution in [0.4, 0.5) is 5.69 Å². The molecule has 7 heteroatoms. The maximum atomic E-state index is 12.4. The Hall–Kier alpha value is -1.30. The first-order chi connectivity index (χ1) is 11.5. The molecule has 1 aliphatic heterocycles. The van der Waals surface area contributed by atoms with E-state index in [-0.39, 0.29) is 30.1 Å². The summed E-state index contributed by atoms with van der Waals surface area (Å²) in [4.78, 5) is 24.3. The fourth-order valence-electron chi connectivity index (χ4n) is 2.79. The van der Waals surface area contributed by atoms with E-state index in [2.05, 4.69) is 16.0 Å². The molecule has 1 unspecified atom stereocenters. The summed E-state index contributed by atoms with van der Waals surface area (Å²) in [6.07, 6.45) is 2.70. The first-order valence-corrected chi connectivity index (χ1v) is 8.92. The predicted molar refractivity (Wildman–Crippen MR) is 105 cm³/mol. The van der Waals surface area contributed by atoms with E-state index >= 15 is 0 Å². The molecule has 2 rings (SSSR count). The highest BCUT2D eigenvalue weighted by atomic mass is 35.5. The molecule has 0 radical (unpaired) electrons. The van der Waals surface area contributed by atoms with Gasteiger partial charge in [0.15, 0.2) is 0 Å². The molecule has 2 amide bonds. The third-order valence-corrected chi connectivity index (χ3v) is 4.37. The minimum absolute atomic E-state index is 0. The molecule has 140 valence electrons. The van der Waals surface area contributed by atoms with E-state index in [0.29, 0.717) is 35.2 Å². The third-order valence-electron chi connectivity index (χ3n) is 4.04. The van der Waals surface area contributed by atoms with Crippen molar-refractivity contribution in [3.05, 3.63) is 28.8 Å². The van der Waals surface area contributed by atoms with Crippen molar-refractivity contribution < 1.29 is 9.59 Å². The van der Waals surface area contributed by atoms with Gasteiger partial charge in [0.2, 0.25) is 5.91 Å². The van der Waals surface area contributed by atoms with Crippen molar-refractivity contribution in [1.29, 1.82) is 0 Å². The lowest BCUT2D eigenvalue weighted by Crippen LogP contribution is -2.38. The normalized spacial score (nSPS) is 16.9. The average Bonchev–Trinajstić information content (AvgIpc) is 2.54. The van der Waals surface area contributed by atoms with Gasteiger partial charge < -0.3 is 16.0 Å². The van der Waals surface area contributed by atoms with Gasteiger partial charge in [0, 0.05) is 18.7 Å². The molecule has 1 aromatic carbocycles. The van der Waals surface area contributed by atoms with Crippen LogP contribution in [-0.4, -0.2) is 31.4 Å². The van der Waals surface area contributed by atoms with E-state index in [1.54, 1.807) is 18.2 Å². The van der Waals surface area contributed by atoms with Crippen LogP contribution in [0.5, 0.6) is 0 Å². The van der Waals surface area contributed by atoms with Gasteiger partial charge >= 0.3 is 0 Å². The number of anilines is 1. The van der Waals surface area contributed by atoms with Crippen LogP contribution in [0.3, 0.4) is 0 Å². The number of rotatable bonds is 6. The number of benzene rings is 1. The van der Waals surface area contributed by atoms with Crippen LogP contribution in [0.2, 0.25) is 5.02 Å². The Balaban J connectivity index is 0.00000312. The summed E-state index contributed by atoms with van der Waals surface area (Å²) in [6.45, 7) is 6.58. The molecule has 1 atom stereocenters. The molecule has 0 spiro atoms. The van der Waals surface area contributed by atoms with E-state index in [1.165, 1.54) is 0 Å². The zero-order valence-corrected chi connectivity index (χ0v) is 16.3. The fourth-order valence-corrected chi connectivity index (χ4v) is 2.99. The number of carbonyl (C=O) groups excluding carboxylic acids is 2. The second kappa shape index (κ2) is 10.6. The van der Waals surface area contributed by atoms with Crippen LogP contribution in [0.15, 0.2) is 18.2 Å². The van der Waals surface area contributed by atoms with Crippen molar-refractivity contribution in [2.24, 2.45) is 11.8 Å². The molecule has 0 aliphatic carbocycles. The van der Waals surface area contributed by atoms with E-state index < -0.39 is 0 Å². The lowest BCUT2D eigenvalue weighted by Gasteiger charge is -2.23. The van der Waals surface area contributed by atoms with E-state index in [9.17, 15) is 9.59 Å². The number of halogens is 2. The van der Waals surface area contributed by atoms with Crippen molar-refractivity contribution in [3.8, 4) is 0 Å². The van der Waals surface area contributed by atoms with Crippen LogP contribution >= 0.6 is 24.0 Å². The highest BCUT2D eigenvalue weighted by Gasteiger charge is 2.16. The monoisotopic (exact) mass is 387 g/mol. The molecule has 1 aliphatic rings. The summed E-state index contributed by atoms with van der Waals surface area (Å²) in [6, 6.07) is 4.99. The zero-order valence-electron chi connectivity index (χ0n) is 14.7. The number of hydrogen-bond acceptors (Lipinski definition) is 3. The number of piperidine rings is 1. The molecule has 1 aromatic rings. The smallest absolute Gasteiger partial charge is 0.252 e. The van der Waals surface area contributed by atoms with Crippen molar-refractivity contribution in [2.75, 3.05) is 25.0 Å². The summed E-state index contributed by atoms with van der Waals surface area (Å²) in [5.41, 5.74) is 0.984. The SMILES string of the molecule is CC(C)CC(=O)Nc1ccc(Cl)c(C(=O)NCC2CCCNC2)c1.Cl. The Bertz CT molecular complexity index is 588. The van der Waals surface area contributed by atoms with Crippen LogP contribution in [0.25, 0.3) is 0 Å². The van der Waals surface area contributed by atoms with Gasteiger partial charge in [-0.25, -0.2) is 0 Å². The minimum atomic E-state index is -0.203. The molecule has 0 saturated carbocycles. The van der Waals surface area contributed by atoms with Gasteiger partial charge in [-0.3, -0.25) is 9.59 Å². The van der Waals surface area contributed by atoms with E-state index in [1.807, 2.05) is 13.8 Å². The Morgan fingerprint density at radius 2 is 2.12 bits per heavy atom. The zero-order chi connectivity index (χ0) is 17.5. The van der Waals surface area contributed by atoms with E-state index in [0.717, 1.165) is 25.9 Å². The first kappa shape index (κ1) is 21.7. The Kier molecular flexibility index (Phi) is 9.25. The molecule has 0 bridgehead atoms. The van der Waals surface area contributed by atoms with Crippen LogP contribution in [-0.2, 0) is 4.79 Å². The summed E-state index contributed by atoms with van der Waals surface area (Å²) in [5.74, 6) is 0.470. The second-order valence-electron chi connectivity index (χ2n) is 6.76. The second-order valence-corrected chi connectivity index (χ2v) is 7.17. The molecule has 5 nitrogen and oxygen atoms in total. The van der Waals surface area contributed by atoms with Gasteiger partial charge in [0.1, 0.15) is 0 Å². The van der Waals surface area contributed by atoms with Gasteiger partial charge in [0.05, 0.1) is 10.6 Å². The topological polar surface area (TPSA) is 70.2 Å². The van der Waals surface area contributed by atoms with Crippen molar-refractivity contribution in [1.82, 2.24) is 10.6 Å². The van der Waals surface area contributed by atoms with Gasteiger partial charge in [-0.15, -0.1) is 12.4 Å². The molecule has 1 heterocycles. The summed E-state index contributed by atoms with van der Waals surface area (Å²) in [7, 11) is 0. The van der Waals surface area contributed by atoms with Crippen LogP contribution in [0.1, 0.15) is 43.5 Å². The third kappa shape index (κ3) is 7.22. The van der Waals surface area contributed by atoms with Crippen LogP contribution in [0, 0.1) is 11.8 Å². The molecule has 1 fully saturated rings. The van der Waals surface area contributed by atoms with Crippen molar-refractivity contribution in [2.45, 2.75) is 33.1 Å².